The number of carbonyl (C=O) groups is 1. The van der Waals surface area contributed by atoms with Gasteiger partial charge in [-0.3, -0.25) is 4.79 Å². The highest BCUT2D eigenvalue weighted by Gasteiger charge is 2.13. The molecule has 0 spiro atoms. The third kappa shape index (κ3) is 5.45. The topological polar surface area (TPSA) is 49.0 Å². The lowest BCUT2D eigenvalue weighted by atomic mass is 10.1. The van der Waals surface area contributed by atoms with Gasteiger partial charge in [-0.1, -0.05) is 43.5 Å². The van der Waals surface area contributed by atoms with Gasteiger partial charge in [0.1, 0.15) is 5.82 Å². The van der Waals surface area contributed by atoms with Crippen molar-refractivity contribution < 1.29 is 4.79 Å². The number of rotatable bonds is 10. The van der Waals surface area contributed by atoms with Crippen molar-refractivity contribution in [3.63, 3.8) is 0 Å². The standard InChI is InChI=1S/C21H27N3O/c1-4-18-19(5-2)23-20(22-18)14-15-21(25)24(6-3)16-10-13-17-11-8-7-9-12-17/h4-5,7-9,11-12H,1-2,6,10,13-16H2,3H3,(H,22,23). The van der Waals surface area contributed by atoms with E-state index >= 15 is 0 Å². The molecular formula is C21H27N3O. The van der Waals surface area contributed by atoms with Crippen LogP contribution in [0, 0.1) is 0 Å². The minimum absolute atomic E-state index is 0.173. The molecule has 2 aromatic rings. The Morgan fingerprint density at radius 3 is 2.56 bits per heavy atom. The first-order chi connectivity index (χ1) is 12.2. The molecule has 1 amide bonds. The Bertz CT molecular complexity index is 678. The normalized spacial score (nSPS) is 10.4. The van der Waals surface area contributed by atoms with E-state index in [2.05, 4.69) is 47.4 Å². The molecule has 0 saturated carbocycles. The fraction of sp³-hybridized carbons (Fsp3) is 0.333. The summed E-state index contributed by atoms with van der Waals surface area (Å²) in [5.41, 5.74) is 2.95. The maximum Gasteiger partial charge on any atom is 0.223 e. The maximum atomic E-state index is 12.5. The van der Waals surface area contributed by atoms with Gasteiger partial charge in [-0.2, -0.15) is 0 Å². The maximum absolute atomic E-state index is 12.5. The Morgan fingerprint density at radius 1 is 1.20 bits per heavy atom. The number of imidazole rings is 1. The second-order valence-corrected chi connectivity index (χ2v) is 5.95. The third-order valence-corrected chi connectivity index (χ3v) is 4.25. The molecule has 4 heteroatoms. The third-order valence-electron chi connectivity index (χ3n) is 4.25. The first-order valence-corrected chi connectivity index (χ1v) is 8.83. The zero-order valence-corrected chi connectivity index (χ0v) is 15.0. The fourth-order valence-electron chi connectivity index (χ4n) is 2.84. The lowest BCUT2D eigenvalue weighted by Gasteiger charge is -2.20. The lowest BCUT2D eigenvalue weighted by molar-refractivity contribution is -0.131. The van der Waals surface area contributed by atoms with Crippen LogP contribution in [0.4, 0.5) is 0 Å². The van der Waals surface area contributed by atoms with Crippen LogP contribution < -0.4 is 0 Å². The summed E-state index contributed by atoms with van der Waals surface area (Å²) in [6.07, 6.45) is 6.44. The van der Waals surface area contributed by atoms with Crippen LogP contribution in [0.3, 0.4) is 0 Å². The summed E-state index contributed by atoms with van der Waals surface area (Å²) in [5.74, 6) is 0.978. The molecule has 0 atom stereocenters. The minimum atomic E-state index is 0.173. The number of hydrogen-bond acceptors (Lipinski definition) is 2. The molecule has 1 N–H and O–H groups in total. The van der Waals surface area contributed by atoms with E-state index in [4.69, 9.17) is 0 Å². The van der Waals surface area contributed by atoms with E-state index in [1.165, 1.54) is 5.56 Å². The molecule has 0 aliphatic carbocycles. The number of nitrogens with one attached hydrogen (secondary N) is 1. The van der Waals surface area contributed by atoms with Gasteiger partial charge in [-0.05, 0) is 37.5 Å². The number of amides is 1. The van der Waals surface area contributed by atoms with Gasteiger partial charge in [-0.25, -0.2) is 4.98 Å². The Morgan fingerprint density at radius 2 is 1.96 bits per heavy atom. The van der Waals surface area contributed by atoms with Crippen molar-refractivity contribution in [2.24, 2.45) is 0 Å². The van der Waals surface area contributed by atoms with Crippen LogP contribution in [0.15, 0.2) is 43.5 Å². The molecule has 0 bridgehead atoms. The van der Waals surface area contributed by atoms with Crippen molar-refractivity contribution in [3.8, 4) is 0 Å². The Kier molecular flexibility index (Phi) is 7.20. The average molecular weight is 337 g/mol. The number of nitrogens with zero attached hydrogens (tertiary/aromatic N) is 2. The molecule has 0 aliphatic rings. The predicted octanol–water partition coefficient (Wildman–Crippen LogP) is 4.11. The summed E-state index contributed by atoms with van der Waals surface area (Å²) in [5, 5.41) is 0. The van der Waals surface area contributed by atoms with Gasteiger partial charge in [0, 0.05) is 25.9 Å². The van der Waals surface area contributed by atoms with E-state index in [0.29, 0.717) is 12.8 Å². The molecule has 1 aromatic carbocycles. The summed E-state index contributed by atoms with van der Waals surface area (Å²) >= 11 is 0. The van der Waals surface area contributed by atoms with Gasteiger partial charge >= 0.3 is 0 Å². The second kappa shape index (κ2) is 9.62. The van der Waals surface area contributed by atoms with Crippen molar-refractivity contribution in [2.45, 2.75) is 32.6 Å². The smallest absolute Gasteiger partial charge is 0.223 e. The van der Waals surface area contributed by atoms with E-state index in [0.717, 1.165) is 43.1 Å². The van der Waals surface area contributed by atoms with Crippen LogP contribution in [0.1, 0.15) is 42.5 Å². The fourth-order valence-corrected chi connectivity index (χ4v) is 2.84. The summed E-state index contributed by atoms with van der Waals surface area (Å²) < 4.78 is 0. The highest BCUT2D eigenvalue weighted by Crippen LogP contribution is 2.11. The van der Waals surface area contributed by atoms with Crippen LogP contribution in [0.2, 0.25) is 0 Å². The molecule has 132 valence electrons. The number of hydrogen-bond donors (Lipinski definition) is 1. The largest absolute Gasteiger partial charge is 0.343 e. The van der Waals surface area contributed by atoms with Crippen LogP contribution in [-0.2, 0) is 17.6 Å². The molecule has 0 fully saturated rings. The van der Waals surface area contributed by atoms with Crippen molar-refractivity contribution >= 4 is 18.1 Å². The van der Waals surface area contributed by atoms with Gasteiger partial charge in [0.05, 0.1) is 11.4 Å². The number of H-pyrrole nitrogens is 1. The molecule has 4 nitrogen and oxygen atoms in total. The number of carbonyl (C=O) groups excluding carboxylic acids is 1. The van der Waals surface area contributed by atoms with E-state index in [-0.39, 0.29) is 5.91 Å². The average Bonchev–Trinajstić information content (AvgIpc) is 3.06. The lowest BCUT2D eigenvalue weighted by Crippen LogP contribution is -2.32. The van der Waals surface area contributed by atoms with Gasteiger partial charge in [0.15, 0.2) is 0 Å². The zero-order chi connectivity index (χ0) is 18.1. The Hall–Kier alpha value is -2.62. The molecule has 1 aromatic heterocycles. The van der Waals surface area contributed by atoms with Gasteiger partial charge in [0.2, 0.25) is 5.91 Å². The van der Waals surface area contributed by atoms with Crippen molar-refractivity contribution in [1.82, 2.24) is 14.9 Å². The molecule has 1 heterocycles. The van der Waals surface area contributed by atoms with Gasteiger partial charge in [0.25, 0.3) is 0 Å². The molecule has 0 unspecified atom stereocenters. The monoisotopic (exact) mass is 337 g/mol. The van der Waals surface area contributed by atoms with Crippen molar-refractivity contribution in [2.75, 3.05) is 13.1 Å². The first kappa shape index (κ1) is 18.7. The zero-order valence-electron chi connectivity index (χ0n) is 15.0. The number of aromatic amines is 1. The molecule has 0 radical (unpaired) electrons. The molecular weight excluding hydrogens is 310 g/mol. The van der Waals surface area contributed by atoms with Crippen LogP contribution in [-0.4, -0.2) is 33.9 Å². The first-order valence-electron chi connectivity index (χ1n) is 8.83. The van der Waals surface area contributed by atoms with Crippen LogP contribution >= 0.6 is 0 Å². The van der Waals surface area contributed by atoms with Gasteiger partial charge in [-0.15, -0.1) is 0 Å². The molecule has 25 heavy (non-hydrogen) atoms. The van der Waals surface area contributed by atoms with E-state index in [9.17, 15) is 4.79 Å². The van der Waals surface area contributed by atoms with E-state index < -0.39 is 0 Å². The van der Waals surface area contributed by atoms with Crippen LogP contribution in [0.5, 0.6) is 0 Å². The summed E-state index contributed by atoms with van der Waals surface area (Å²) in [4.78, 5) is 22.0. The quantitative estimate of drug-likeness (QED) is 0.709. The number of aryl methyl sites for hydroxylation is 2. The van der Waals surface area contributed by atoms with E-state index in [1.54, 1.807) is 12.2 Å². The molecule has 0 saturated heterocycles. The van der Waals surface area contributed by atoms with Gasteiger partial charge < -0.3 is 9.88 Å². The summed E-state index contributed by atoms with van der Waals surface area (Å²) in [7, 11) is 0. The highest BCUT2D eigenvalue weighted by atomic mass is 16.2. The SMILES string of the molecule is C=Cc1nc(CCC(=O)N(CC)CCCc2ccccc2)[nH]c1C=C. The number of benzene rings is 1. The number of aromatic nitrogens is 2. The van der Waals surface area contributed by atoms with Crippen LogP contribution in [0.25, 0.3) is 12.2 Å². The summed E-state index contributed by atoms with van der Waals surface area (Å²) in [6, 6.07) is 10.4. The van der Waals surface area contributed by atoms with Crippen molar-refractivity contribution in [1.29, 1.82) is 0 Å². The Balaban J connectivity index is 1.82. The Labute approximate surface area is 150 Å². The minimum Gasteiger partial charge on any atom is -0.343 e. The highest BCUT2D eigenvalue weighted by molar-refractivity contribution is 5.76. The van der Waals surface area contributed by atoms with E-state index in [1.807, 2.05) is 17.9 Å². The second-order valence-electron chi connectivity index (χ2n) is 5.95. The van der Waals surface area contributed by atoms with Crippen molar-refractivity contribution in [3.05, 3.63) is 66.3 Å². The predicted molar refractivity (Wildman–Crippen MR) is 104 cm³/mol. The summed E-state index contributed by atoms with van der Waals surface area (Å²) in [6.45, 7) is 11.1. The molecule has 0 aliphatic heterocycles. The molecule has 2 rings (SSSR count).